The number of hydrogen-bond acceptors (Lipinski definition) is 4. The number of carboxylic acids is 1. The van der Waals surface area contributed by atoms with Crippen LogP contribution < -0.4 is 5.32 Å². The third-order valence-corrected chi connectivity index (χ3v) is 4.24. The molecule has 2 heterocycles. The second kappa shape index (κ2) is 4.92. The molecule has 2 atom stereocenters. The summed E-state index contributed by atoms with van der Waals surface area (Å²) < 4.78 is 0. The highest BCUT2D eigenvalue weighted by Gasteiger charge is 2.37. The van der Waals surface area contributed by atoms with E-state index in [-0.39, 0.29) is 0 Å². The van der Waals surface area contributed by atoms with Gasteiger partial charge in [0.15, 0.2) is 0 Å². The molecule has 98 valence electrons. The van der Waals surface area contributed by atoms with Crippen LogP contribution in [0.15, 0.2) is 0 Å². The van der Waals surface area contributed by atoms with Gasteiger partial charge in [0.05, 0.1) is 0 Å². The predicted molar refractivity (Wildman–Crippen MR) is 66.1 cm³/mol. The maximum absolute atomic E-state index is 11.3. The van der Waals surface area contributed by atoms with E-state index < -0.39 is 11.5 Å². The van der Waals surface area contributed by atoms with Crippen LogP contribution in [0.2, 0.25) is 0 Å². The maximum atomic E-state index is 11.3. The van der Waals surface area contributed by atoms with Crippen LogP contribution in [0, 0.1) is 0 Å². The van der Waals surface area contributed by atoms with Crippen LogP contribution in [0.4, 0.5) is 0 Å². The van der Waals surface area contributed by atoms with Crippen LogP contribution in [0.25, 0.3) is 0 Å². The second-order valence-electron chi connectivity index (χ2n) is 5.45. The zero-order valence-electron chi connectivity index (χ0n) is 10.8. The minimum absolute atomic E-state index is 0.586. The maximum Gasteiger partial charge on any atom is 0.324 e. The van der Waals surface area contributed by atoms with E-state index in [4.69, 9.17) is 0 Å². The molecule has 0 aromatic heterocycles. The molecular weight excluding hydrogens is 218 g/mol. The summed E-state index contributed by atoms with van der Waals surface area (Å²) in [6.07, 6.45) is 2.56. The van der Waals surface area contributed by atoms with Crippen LogP contribution in [-0.4, -0.2) is 72.2 Å². The number of carbonyl (C=O) groups is 1. The number of rotatable bonds is 4. The van der Waals surface area contributed by atoms with E-state index in [1.807, 2.05) is 0 Å². The van der Waals surface area contributed by atoms with Crippen LogP contribution in [0.1, 0.15) is 19.8 Å². The molecule has 5 nitrogen and oxygen atoms in total. The first-order chi connectivity index (χ1) is 8.05. The number of fused-ring (bicyclic) bond motifs is 1. The van der Waals surface area contributed by atoms with Gasteiger partial charge < -0.3 is 10.4 Å². The highest BCUT2D eigenvalue weighted by Crippen LogP contribution is 2.22. The van der Waals surface area contributed by atoms with E-state index in [9.17, 15) is 9.90 Å². The lowest BCUT2D eigenvalue weighted by molar-refractivity contribution is -0.145. The molecule has 0 aromatic carbocycles. The quantitative estimate of drug-likeness (QED) is 0.715. The number of aliphatic carboxylic acids is 1. The molecule has 0 spiro atoms. The van der Waals surface area contributed by atoms with E-state index in [2.05, 4.69) is 15.1 Å². The Kier molecular flexibility index (Phi) is 3.70. The summed E-state index contributed by atoms with van der Waals surface area (Å²) in [6, 6.07) is 0.652. The first-order valence-corrected chi connectivity index (χ1v) is 6.44. The van der Waals surface area contributed by atoms with E-state index in [1.54, 1.807) is 14.0 Å². The van der Waals surface area contributed by atoms with Gasteiger partial charge in [0.1, 0.15) is 5.54 Å². The predicted octanol–water partition coefficient (Wildman–Crippen LogP) is -0.171. The number of hydrogen-bond donors (Lipinski definition) is 2. The van der Waals surface area contributed by atoms with Crippen LogP contribution >= 0.6 is 0 Å². The highest BCUT2D eigenvalue weighted by molar-refractivity contribution is 5.78. The van der Waals surface area contributed by atoms with Gasteiger partial charge in [-0.2, -0.15) is 0 Å². The van der Waals surface area contributed by atoms with Crippen LogP contribution in [0.5, 0.6) is 0 Å². The van der Waals surface area contributed by atoms with E-state index in [0.717, 1.165) is 19.6 Å². The van der Waals surface area contributed by atoms with Crippen molar-refractivity contribution >= 4 is 5.97 Å². The van der Waals surface area contributed by atoms with E-state index in [0.29, 0.717) is 12.6 Å². The molecule has 0 saturated carbocycles. The molecule has 5 heteroatoms. The summed E-state index contributed by atoms with van der Waals surface area (Å²) in [5.74, 6) is -0.770. The van der Waals surface area contributed by atoms with Gasteiger partial charge in [-0.25, -0.2) is 0 Å². The monoisotopic (exact) mass is 241 g/mol. The van der Waals surface area contributed by atoms with Crippen LogP contribution in [-0.2, 0) is 4.79 Å². The fourth-order valence-electron chi connectivity index (χ4n) is 2.90. The Balaban J connectivity index is 1.93. The van der Waals surface area contributed by atoms with Gasteiger partial charge in [-0.3, -0.25) is 14.6 Å². The number of carboxylic acid groups (broad SMARTS) is 1. The molecule has 0 radical (unpaired) electrons. The van der Waals surface area contributed by atoms with Gasteiger partial charge in [0, 0.05) is 32.2 Å². The normalized spacial score (nSPS) is 29.9. The summed E-state index contributed by atoms with van der Waals surface area (Å²) >= 11 is 0. The molecule has 2 unspecified atom stereocenters. The number of nitrogens with one attached hydrogen (secondary N) is 1. The lowest BCUT2D eigenvalue weighted by atomic mass is 10.0. The zero-order valence-corrected chi connectivity index (χ0v) is 10.8. The fourth-order valence-corrected chi connectivity index (χ4v) is 2.90. The first-order valence-electron chi connectivity index (χ1n) is 6.44. The summed E-state index contributed by atoms with van der Waals surface area (Å²) in [6.45, 7) is 6.66. The van der Waals surface area contributed by atoms with Crippen LogP contribution in [0.3, 0.4) is 0 Å². The van der Waals surface area contributed by atoms with Gasteiger partial charge >= 0.3 is 5.97 Å². The molecule has 2 N–H and O–H groups in total. The second-order valence-corrected chi connectivity index (χ2v) is 5.45. The average Bonchev–Trinajstić information content (AvgIpc) is 2.75. The first kappa shape index (κ1) is 12.8. The number of piperazine rings is 1. The lowest BCUT2D eigenvalue weighted by Crippen LogP contribution is -2.60. The Morgan fingerprint density at radius 3 is 2.88 bits per heavy atom. The van der Waals surface area contributed by atoms with Crippen molar-refractivity contribution in [1.29, 1.82) is 0 Å². The molecule has 2 saturated heterocycles. The summed E-state index contributed by atoms with van der Waals surface area (Å²) in [5.41, 5.74) is -0.833. The molecule has 0 aliphatic carbocycles. The minimum Gasteiger partial charge on any atom is -0.480 e. The molecule has 0 bridgehead atoms. The minimum atomic E-state index is -0.833. The lowest BCUT2D eigenvalue weighted by Gasteiger charge is -2.40. The average molecular weight is 241 g/mol. The van der Waals surface area contributed by atoms with Gasteiger partial charge in [0.25, 0.3) is 0 Å². The SMILES string of the molecule is CNC(C)(CN1CCN2CCCC2C1)C(=O)O. The number of likely N-dealkylation sites (N-methyl/N-ethyl adjacent to an activating group) is 1. The van der Waals surface area contributed by atoms with Crippen molar-refractivity contribution in [1.82, 2.24) is 15.1 Å². The van der Waals surface area contributed by atoms with Crippen molar-refractivity contribution in [3.8, 4) is 0 Å². The van der Waals surface area contributed by atoms with Gasteiger partial charge in [-0.15, -0.1) is 0 Å². The van der Waals surface area contributed by atoms with Crippen molar-refractivity contribution < 1.29 is 9.90 Å². The summed E-state index contributed by atoms with van der Waals surface area (Å²) in [4.78, 5) is 16.1. The molecule has 2 aliphatic rings. The largest absolute Gasteiger partial charge is 0.480 e. The van der Waals surface area contributed by atoms with Gasteiger partial charge in [-0.05, 0) is 33.4 Å². The Labute approximate surface area is 103 Å². The van der Waals surface area contributed by atoms with Gasteiger partial charge in [-0.1, -0.05) is 0 Å². The summed E-state index contributed by atoms with van der Waals surface area (Å²) in [7, 11) is 1.72. The van der Waals surface area contributed by atoms with E-state index >= 15 is 0 Å². The highest BCUT2D eigenvalue weighted by atomic mass is 16.4. The Morgan fingerprint density at radius 2 is 2.24 bits per heavy atom. The zero-order chi connectivity index (χ0) is 12.5. The van der Waals surface area contributed by atoms with E-state index in [1.165, 1.54) is 19.4 Å². The molecule has 17 heavy (non-hydrogen) atoms. The Bertz CT molecular complexity index is 297. The van der Waals surface area contributed by atoms with Crippen molar-refractivity contribution in [3.05, 3.63) is 0 Å². The Morgan fingerprint density at radius 1 is 1.47 bits per heavy atom. The number of nitrogens with zero attached hydrogens (tertiary/aromatic N) is 2. The topological polar surface area (TPSA) is 55.8 Å². The van der Waals surface area contributed by atoms with Crippen molar-refractivity contribution in [3.63, 3.8) is 0 Å². The Hall–Kier alpha value is -0.650. The van der Waals surface area contributed by atoms with Gasteiger partial charge in [0.2, 0.25) is 0 Å². The molecule has 0 amide bonds. The molecule has 2 fully saturated rings. The standard InChI is InChI=1S/C12H23N3O2/c1-12(13-2,11(16)17)9-14-6-7-15-5-3-4-10(15)8-14/h10,13H,3-9H2,1-2H3,(H,16,17). The molecule has 2 aliphatic heterocycles. The fraction of sp³-hybridized carbons (Fsp3) is 0.917. The molecular formula is C12H23N3O2. The summed E-state index contributed by atoms with van der Waals surface area (Å²) in [5, 5.41) is 12.2. The smallest absolute Gasteiger partial charge is 0.324 e. The third-order valence-electron chi connectivity index (χ3n) is 4.24. The molecule has 0 aromatic rings. The van der Waals surface area contributed by atoms with Crippen molar-refractivity contribution in [2.24, 2.45) is 0 Å². The van der Waals surface area contributed by atoms with Crippen molar-refractivity contribution in [2.75, 3.05) is 39.8 Å². The molecule has 2 rings (SSSR count). The third kappa shape index (κ3) is 2.61. The van der Waals surface area contributed by atoms with Crippen molar-refractivity contribution in [2.45, 2.75) is 31.3 Å².